The van der Waals surface area contributed by atoms with Gasteiger partial charge in [-0.2, -0.15) is 0 Å². The zero-order valence-electron chi connectivity index (χ0n) is 14.0. The second kappa shape index (κ2) is 10.6. The molecule has 0 aromatic carbocycles. The predicted octanol–water partition coefficient (Wildman–Crippen LogP) is 3.43. The average Bonchev–Trinajstić information content (AvgIpc) is 2.24. The van der Waals surface area contributed by atoms with Gasteiger partial charge in [0, 0.05) is 19.7 Å². The summed E-state index contributed by atoms with van der Waals surface area (Å²) in [5, 5.41) is 0. The van der Waals surface area contributed by atoms with Gasteiger partial charge in [-0.25, -0.2) is 0 Å². The van der Waals surface area contributed by atoms with E-state index in [1.54, 1.807) is 0 Å². The van der Waals surface area contributed by atoms with Crippen LogP contribution in [0.3, 0.4) is 0 Å². The zero-order chi connectivity index (χ0) is 14.7. The van der Waals surface area contributed by atoms with Crippen LogP contribution in [0.25, 0.3) is 0 Å². The van der Waals surface area contributed by atoms with Crippen molar-refractivity contribution in [1.29, 1.82) is 0 Å². The van der Waals surface area contributed by atoms with Gasteiger partial charge in [0.2, 0.25) is 0 Å². The van der Waals surface area contributed by atoms with Crippen LogP contribution in [0, 0.1) is 11.3 Å². The Kier molecular flexibility index (Phi) is 10.6. The van der Waals surface area contributed by atoms with Gasteiger partial charge in [0.05, 0.1) is 19.8 Å². The number of ether oxygens (including phenoxy) is 2. The molecule has 0 saturated heterocycles. The highest BCUT2D eigenvalue weighted by Crippen LogP contribution is 2.20. The summed E-state index contributed by atoms with van der Waals surface area (Å²) >= 11 is 0. The second-order valence-electron chi connectivity index (χ2n) is 7.05. The van der Waals surface area contributed by atoms with Crippen LogP contribution in [-0.2, 0) is 9.47 Å². The van der Waals surface area contributed by atoms with Gasteiger partial charge in [-0.1, -0.05) is 34.6 Å². The van der Waals surface area contributed by atoms with Crippen LogP contribution < -0.4 is 0 Å². The molecule has 116 valence electrons. The largest absolute Gasteiger partial charge is 0.379 e. The molecule has 0 aromatic rings. The molecule has 0 saturated carbocycles. The topological polar surface area (TPSA) is 21.7 Å². The number of hydrogen-bond donors (Lipinski definition) is 0. The Morgan fingerprint density at radius 2 is 1.53 bits per heavy atom. The van der Waals surface area contributed by atoms with Gasteiger partial charge < -0.3 is 14.4 Å². The Labute approximate surface area is 120 Å². The average molecular weight is 273 g/mol. The molecule has 3 nitrogen and oxygen atoms in total. The van der Waals surface area contributed by atoms with E-state index in [0.717, 1.165) is 45.2 Å². The van der Waals surface area contributed by atoms with Crippen molar-refractivity contribution < 1.29 is 9.47 Å². The molecule has 0 fully saturated rings. The molecule has 0 radical (unpaired) electrons. The number of likely N-dealkylation sites (N-methyl/N-ethyl adjacent to an activating group) is 1. The minimum atomic E-state index is 0.418. The lowest BCUT2D eigenvalue weighted by Crippen LogP contribution is -2.27. The minimum Gasteiger partial charge on any atom is -0.379 e. The molecule has 19 heavy (non-hydrogen) atoms. The highest BCUT2D eigenvalue weighted by Gasteiger charge is 2.08. The Bertz CT molecular complexity index is 199. The van der Waals surface area contributed by atoms with Crippen molar-refractivity contribution in [2.75, 3.05) is 46.6 Å². The fourth-order valence-corrected chi connectivity index (χ4v) is 1.96. The molecule has 0 unspecified atom stereocenters. The molecule has 3 heteroatoms. The van der Waals surface area contributed by atoms with E-state index in [4.69, 9.17) is 9.47 Å². The van der Waals surface area contributed by atoms with Crippen molar-refractivity contribution in [3.63, 3.8) is 0 Å². The molecule has 0 spiro atoms. The first-order valence-electron chi connectivity index (χ1n) is 7.65. The highest BCUT2D eigenvalue weighted by molar-refractivity contribution is 4.60. The van der Waals surface area contributed by atoms with Crippen molar-refractivity contribution >= 4 is 0 Å². The molecule has 0 aliphatic carbocycles. The first-order valence-corrected chi connectivity index (χ1v) is 7.65. The van der Waals surface area contributed by atoms with Crippen LogP contribution in [0.15, 0.2) is 0 Å². The lowest BCUT2D eigenvalue weighted by Gasteiger charge is -2.19. The van der Waals surface area contributed by atoms with E-state index in [1.807, 2.05) is 0 Å². The zero-order valence-corrected chi connectivity index (χ0v) is 14.0. The maximum atomic E-state index is 5.57. The molecule has 0 bridgehead atoms. The Morgan fingerprint density at radius 1 is 0.947 bits per heavy atom. The van der Waals surface area contributed by atoms with Crippen molar-refractivity contribution in [2.24, 2.45) is 11.3 Å². The van der Waals surface area contributed by atoms with Crippen molar-refractivity contribution in [3.8, 4) is 0 Å². The van der Waals surface area contributed by atoms with E-state index in [1.165, 1.54) is 6.42 Å². The molecule has 0 atom stereocenters. The van der Waals surface area contributed by atoms with Crippen molar-refractivity contribution in [3.05, 3.63) is 0 Å². The quantitative estimate of drug-likeness (QED) is 0.538. The summed E-state index contributed by atoms with van der Waals surface area (Å²) in [5.41, 5.74) is 0.418. The molecule has 0 rings (SSSR count). The van der Waals surface area contributed by atoms with Crippen LogP contribution in [0.5, 0.6) is 0 Å². The fraction of sp³-hybridized carbons (Fsp3) is 1.00. The SMILES string of the molecule is CC(C)CN(C)CCOCCOCCCC(C)(C)C. The molecule has 0 heterocycles. The summed E-state index contributed by atoms with van der Waals surface area (Å²) in [7, 11) is 2.15. The summed E-state index contributed by atoms with van der Waals surface area (Å²) in [4.78, 5) is 2.31. The summed E-state index contributed by atoms with van der Waals surface area (Å²) in [6, 6.07) is 0. The number of nitrogens with zero attached hydrogens (tertiary/aromatic N) is 1. The third kappa shape index (κ3) is 15.8. The molecular weight excluding hydrogens is 238 g/mol. The van der Waals surface area contributed by atoms with Crippen molar-refractivity contribution in [1.82, 2.24) is 4.90 Å². The van der Waals surface area contributed by atoms with Gasteiger partial charge in [-0.15, -0.1) is 0 Å². The molecule has 0 amide bonds. The molecule has 0 aromatic heterocycles. The lowest BCUT2D eigenvalue weighted by molar-refractivity contribution is 0.0371. The van der Waals surface area contributed by atoms with E-state index in [-0.39, 0.29) is 0 Å². The summed E-state index contributed by atoms with van der Waals surface area (Å²) in [5.74, 6) is 0.719. The first kappa shape index (κ1) is 18.9. The van der Waals surface area contributed by atoms with Crippen LogP contribution in [-0.4, -0.2) is 51.5 Å². The van der Waals surface area contributed by atoms with Crippen LogP contribution in [0.2, 0.25) is 0 Å². The van der Waals surface area contributed by atoms with Crippen LogP contribution in [0.4, 0.5) is 0 Å². The summed E-state index contributed by atoms with van der Waals surface area (Å²) in [6.07, 6.45) is 2.36. The maximum Gasteiger partial charge on any atom is 0.0701 e. The van der Waals surface area contributed by atoms with Gasteiger partial charge >= 0.3 is 0 Å². The van der Waals surface area contributed by atoms with Crippen LogP contribution >= 0.6 is 0 Å². The Morgan fingerprint density at radius 3 is 2.05 bits per heavy atom. The summed E-state index contributed by atoms with van der Waals surface area (Å²) in [6.45, 7) is 16.5. The van der Waals surface area contributed by atoms with Crippen LogP contribution in [0.1, 0.15) is 47.5 Å². The normalized spacial score (nSPS) is 12.6. The van der Waals surface area contributed by atoms with E-state index >= 15 is 0 Å². The van der Waals surface area contributed by atoms with E-state index in [9.17, 15) is 0 Å². The third-order valence-corrected chi connectivity index (χ3v) is 2.88. The van der Waals surface area contributed by atoms with E-state index in [2.05, 4.69) is 46.6 Å². The smallest absolute Gasteiger partial charge is 0.0701 e. The minimum absolute atomic E-state index is 0.418. The third-order valence-electron chi connectivity index (χ3n) is 2.88. The van der Waals surface area contributed by atoms with Gasteiger partial charge in [0.1, 0.15) is 0 Å². The number of rotatable bonds is 11. The van der Waals surface area contributed by atoms with E-state index in [0.29, 0.717) is 12.0 Å². The van der Waals surface area contributed by atoms with E-state index < -0.39 is 0 Å². The van der Waals surface area contributed by atoms with Gasteiger partial charge in [-0.05, 0) is 31.2 Å². The number of hydrogen-bond acceptors (Lipinski definition) is 3. The molecule has 0 aliphatic heterocycles. The van der Waals surface area contributed by atoms with Gasteiger partial charge in [0.25, 0.3) is 0 Å². The summed E-state index contributed by atoms with van der Waals surface area (Å²) < 4.78 is 11.1. The lowest BCUT2D eigenvalue weighted by atomic mass is 9.91. The standard InChI is InChI=1S/C16H35NO2/c1-15(2)14-17(6)9-11-19-13-12-18-10-7-8-16(3,4)5/h15H,7-14H2,1-6H3. The van der Waals surface area contributed by atoms with Crippen molar-refractivity contribution in [2.45, 2.75) is 47.5 Å². The molecular formula is C16H35NO2. The monoisotopic (exact) mass is 273 g/mol. The maximum absolute atomic E-state index is 5.57. The molecule has 0 aliphatic rings. The van der Waals surface area contributed by atoms with Gasteiger partial charge in [0.15, 0.2) is 0 Å². The Hall–Kier alpha value is -0.120. The predicted molar refractivity (Wildman–Crippen MR) is 82.7 cm³/mol. The highest BCUT2D eigenvalue weighted by atomic mass is 16.5. The second-order valence-corrected chi connectivity index (χ2v) is 7.05. The van der Waals surface area contributed by atoms with Gasteiger partial charge in [-0.3, -0.25) is 0 Å². The first-order chi connectivity index (χ1) is 8.81. The fourth-order valence-electron chi connectivity index (χ4n) is 1.96. The molecule has 0 N–H and O–H groups in total. The Balaban J connectivity index is 3.19.